The number of sulfonamides is 1. The zero-order chi connectivity index (χ0) is 25.9. The van der Waals surface area contributed by atoms with E-state index < -0.39 is 22.0 Å². The fraction of sp³-hybridized carbons (Fsp3) is 0.444. The Morgan fingerprint density at radius 2 is 1.83 bits per heavy atom. The average Bonchev–Trinajstić information content (AvgIpc) is 3.42. The lowest BCUT2D eigenvalue weighted by Crippen LogP contribution is -2.51. The van der Waals surface area contributed by atoms with Crippen LogP contribution in [0.15, 0.2) is 53.4 Å². The molecule has 1 atom stereocenters. The highest BCUT2D eigenvalue weighted by Crippen LogP contribution is 2.30. The van der Waals surface area contributed by atoms with E-state index in [0.29, 0.717) is 6.42 Å². The molecule has 0 saturated heterocycles. The highest BCUT2D eigenvalue weighted by atomic mass is 32.2. The summed E-state index contributed by atoms with van der Waals surface area (Å²) in [6, 6.07) is 13.2. The Morgan fingerprint density at radius 3 is 2.50 bits per heavy atom. The van der Waals surface area contributed by atoms with Gasteiger partial charge in [0.15, 0.2) is 0 Å². The monoisotopic (exact) mass is 511 g/mol. The number of benzene rings is 2. The second-order valence-electron chi connectivity index (χ2n) is 9.55. The lowest BCUT2D eigenvalue weighted by atomic mass is 10.1. The van der Waals surface area contributed by atoms with Crippen molar-refractivity contribution in [2.45, 2.75) is 75.9 Å². The van der Waals surface area contributed by atoms with Gasteiger partial charge in [-0.15, -0.1) is 0 Å². The zero-order valence-corrected chi connectivity index (χ0v) is 21.6. The first kappa shape index (κ1) is 25.9. The van der Waals surface area contributed by atoms with Crippen LogP contribution in [0.2, 0.25) is 0 Å². The predicted molar refractivity (Wildman–Crippen MR) is 135 cm³/mol. The first-order chi connectivity index (χ1) is 17.2. The lowest BCUT2D eigenvalue weighted by Gasteiger charge is -2.32. The van der Waals surface area contributed by atoms with E-state index in [-0.39, 0.29) is 47.8 Å². The summed E-state index contributed by atoms with van der Waals surface area (Å²) in [7, 11) is -4.01. The molecule has 192 valence electrons. The Morgan fingerprint density at radius 1 is 1.11 bits per heavy atom. The molecular weight excluding hydrogens is 478 g/mol. The van der Waals surface area contributed by atoms with Crippen LogP contribution in [0, 0.1) is 6.92 Å². The molecule has 36 heavy (non-hydrogen) atoms. The second kappa shape index (κ2) is 10.8. The van der Waals surface area contributed by atoms with Crippen LogP contribution >= 0.6 is 0 Å². The van der Waals surface area contributed by atoms with E-state index in [1.807, 2.05) is 38.1 Å². The summed E-state index contributed by atoms with van der Waals surface area (Å²) >= 11 is 0. The van der Waals surface area contributed by atoms with Crippen LogP contribution in [-0.4, -0.2) is 54.0 Å². The molecular formula is C27H33N3O5S. The number of amides is 3. The van der Waals surface area contributed by atoms with Crippen molar-refractivity contribution in [1.29, 1.82) is 0 Å². The summed E-state index contributed by atoms with van der Waals surface area (Å²) in [5.74, 6) is -1.19. The number of hydrogen-bond acceptors (Lipinski definition) is 5. The number of aryl methyl sites for hydroxylation is 1. The van der Waals surface area contributed by atoms with Crippen molar-refractivity contribution in [2.24, 2.45) is 0 Å². The second-order valence-corrected chi connectivity index (χ2v) is 11.4. The van der Waals surface area contributed by atoms with Gasteiger partial charge in [-0.2, -0.15) is 0 Å². The van der Waals surface area contributed by atoms with Gasteiger partial charge in [0.1, 0.15) is 10.9 Å². The van der Waals surface area contributed by atoms with Gasteiger partial charge in [-0.25, -0.2) is 12.7 Å². The fourth-order valence-electron chi connectivity index (χ4n) is 5.09. The third-order valence-electron chi connectivity index (χ3n) is 6.96. The molecule has 4 rings (SSSR count). The van der Waals surface area contributed by atoms with Crippen LogP contribution in [0.1, 0.15) is 66.9 Å². The largest absolute Gasteiger partial charge is 0.352 e. The highest BCUT2D eigenvalue weighted by molar-refractivity contribution is 7.90. The van der Waals surface area contributed by atoms with Crippen LogP contribution in [0.4, 0.5) is 0 Å². The Kier molecular flexibility index (Phi) is 7.78. The molecule has 9 heteroatoms. The average molecular weight is 512 g/mol. The number of carbonyl (C=O) groups is 3. The number of hydrogen-bond donors (Lipinski definition) is 1. The third-order valence-corrected chi connectivity index (χ3v) is 8.80. The first-order valence-electron chi connectivity index (χ1n) is 12.5. The number of carbonyl (C=O) groups excluding carboxylic acids is 3. The van der Waals surface area contributed by atoms with Gasteiger partial charge in [0.05, 0.1) is 5.56 Å². The van der Waals surface area contributed by atoms with Crippen molar-refractivity contribution >= 4 is 27.7 Å². The van der Waals surface area contributed by atoms with E-state index >= 15 is 0 Å². The van der Waals surface area contributed by atoms with Crippen molar-refractivity contribution in [2.75, 3.05) is 6.54 Å². The molecule has 8 nitrogen and oxygen atoms in total. The summed E-state index contributed by atoms with van der Waals surface area (Å²) in [5.41, 5.74) is 2.03. The molecule has 1 N–H and O–H groups in total. The minimum absolute atomic E-state index is 0.0403. The van der Waals surface area contributed by atoms with Crippen molar-refractivity contribution in [3.63, 3.8) is 0 Å². The molecule has 0 unspecified atom stereocenters. The van der Waals surface area contributed by atoms with Gasteiger partial charge in [-0.1, -0.05) is 61.7 Å². The summed E-state index contributed by atoms with van der Waals surface area (Å²) < 4.78 is 26.6. The standard InChI is InChI=1S/C27H33N3O5S/c1-3-23(26(32)28-21-11-4-5-12-21)29(18-20-10-8-9-19(2)17-20)25(31)15-16-30-27(33)22-13-6-7-14-24(22)36(30,34)35/h6-10,13-14,17,21,23H,3-5,11-12,15-16,18H2,1-2H3,(H,28,32)/t23-/m0/s1. The minimum atomic E-state index is -4.01. The molecule has 1 aliphatic heterocycles. The quantitative estimate of drug-likeness (QED) is 0.556. The number of fused-ring (bicyclic) bond motifs is 1. The summed E-state index contributed by atoms with van der Waals surface area (Å²) in [6.07, 6.45) is 4.23. The molecule has 0 aromatic heterocycles. The molecule has 1 aliphatic carbocycles. The maximum atomic E-state index is 13.5. The highest BCUT2D eigenvalue weighted by Gasteiger charge is 2.41. The van der Waals surface area contributed by atoms with Gasteiger partial charge in [-0.3, -0.25) is 14.4 Å². The van der Waals surface area contributed by atoms with Crippen molar-refractivity contribution in [3.05, 3.63) is 65.2 Å². The predicted octanol–water partition coefficient (Wildman–Crippen LogP) is 3.40. The molecule has 3 amide bonds. The minimum Gasteiger partial charge on any atom is -0.352 e. The summed E-state index contributed by atoms with van der Waals surface area (Å²) in [5, 5.41) is 3.10. The van der Waals surface area contributed by atoms with Gasteiger partial charge >= 0.3 is 0 Å². The van der Waals surface area contributed by atoms with Crippen LogP contribution in [0.25, 0.3) is 0 Å². The maximum Gasteiger partial charge on any atom is 0.269 e. The Bertz CT molecular complexity index is 1250. The van der Waals surface area contributed by atoms with E-state index in [0.717, 1.165) is 41.1 Å². The number of nitrogens with one attached hydrogen (secondary N) is 1. The van der Waals surface area contributed by atoms with Crippen molar-refractivity contribution in [3.8, 4) is 0 Å². The molecule has 2 aromatic carbocycles. The van der Waals surface area contributed by atoms with Gasteiger partial charge < -0.3 is 10.2 Å². The van der Waals surface area contributed by atoms with Gasteiger partial charge in [0.2, 0.25) is 11.8 Å². The molecule has 1 fully saturated rings. The zero-order valence-electron chi connectivity index (χ0n) is 20.8. The first-order valence-corrected chi connectivity index (χ1v) is 14.0. The van der Waals surface area contributed by atoms with E-state index in [4.69, 9.17) is 0 Å². The van der Waals surface area contributed by atoms with Gasteiger partial charge in [0, 0.05) is 25.6 Å². The van der Waals surface area contributed by atoms with Gasteiger partial charge in [0.25, 0.3) is 15.9 Å². The van der Waals surface area contributed by atoms with Crippen LogP contribution in [0.5, 0.6) is 0 Å². The molecule has 0 spiro atoms. The Hall–Kier alpha value is -3.20. The smallest absolute Gasteiger partial charge is 0.269 e. The molecule has 1 heterocycles. The van der Waals surface area contributed by atoms with E-state index in [9.17, 15) is 22.8 Å². The topological polar surface area (TPSA) is 104 Å². The van der Waals surface area contributed by atoms with Crippen LogP contribution in [0.3, 0.4) is 0 Å². The molecule has 1 saturated carbocycles. The third kappa shape index (κ3) is 5.31. The SMILES string of the molecule is CC[C@@H](C(=O)NC1CCCC1)N(Cc1cccc(C)c1)C(=O)CCN1C(=O)c2ccccc2S1(=O)=O. The van der Waals surface area contributed by atoms with Crippen molar-refractivity contribution in [1.82, 2.24) is 14.5 Å². The fourth-order valence-corrected chi connectivity index (χ4v) is 6.66. The number of nitrogens with zero attached hydrogens (tertiary/aromatic N) is 2. The van der Waals surface area contributed by atoms with Gasteiger partial charge in [-0.05, 0) is 43.9 Å². The Balaban J connectivity index is 1.54. The molecule has 0 radical (unpaired) electrons. The van der Waals surface area contributed by atoms with E-state index in [1.165, 1.54) is 17.0 Å². The van der Waals surface area contributed by atoms with Crippen LogP contribution < -0.4 is 5.32 Å². The summed E-state index contributed by atoms with van der Waals surface area (Å²) in [6.45, 7) is 3.76. The van der Waals surface area contributed by atoms with E-state index in [1.54, 1.807) is 12.1 Å². The molecule has 2 aromatic rings. The van der Waals surface area contributed by atoms with Crippen LogP contribution in [-0.2, 0) is 26.2 Å². The molecule has 0 bridgehead atoms. The van der Waals surface area contributed by atoms with Crippen molar-refractivity contribution < 1.29 is 22.8 Å². The number of rotatable bonds is 9. The lowest BCUT2D eigenvalue weighted by molar-refractivity contribution is -0.141. The van der Waals surface area contributed by atoms with E-state index in [2.05, 4.69) is 5.32 Å². The maximum absolute atomic E-state index is 13.5. The Labute approximate surface area is 212 Å². The summed E-state index contributed by atoms with van der Waals surface area (Å²) in [4.78, 5) is 41.0. The molecule has 2 aliphatic rings. The normalized spacial score (nSPS) is 17.6.